The predicted octanol–water partition coefficient (Wildman–Crippen LogP) is 4.03. The number of halogens is 2. The molecule has 2 aromatic rings. The summed E-state index contributed by atoms with van der Waals surface area (Å²) < 4.78 is 33.5. The summed E-state index contributed by atoms with van der Waals surface area (Å²) in [5, 5.41) is 4.95. The molecule has 0 unspecified atom stereocenters. The van der Waals surface area contributed by atoms with Crippen molar-refractivity contribution in [1.29, 1.82) is 0 Å². The van der Waals surface area contributed by atoms with Crippen LogP contribution in [0.4, 0.5) is 8.78 Å². The van der Waals surface area contributed by atoms with Gasteiger partial charge in [-0.2, -0.15) is 0 Å². The lowest BCUT2D eigenvalue weighted by atomic mass is 9.53. The van der Waals surface area contributed by atoms with Gasteiger partial charge in [0.15, 0.2) is 0 Å². The summed E-state index contributed by atoms with van der Waals surface area (Å²) in [6, 6.07) is 3.72. The fourth-order valence-electron chi connectivity index (χ4n) is 5.33. The number of hydrogen-bond acceptors (Lipinski definition) is 5. The number of nitrogens with two attached hydrogens (primary N) is 1. The Hall–Kier alpha value is -2.29. The number of amides is 2. The predicted molar refractivity (Wildman–Crippen MR) is 112 cm³/mol. The van der Waals surface area contributed by atoms with Gasteiger partial charge in [0.1, 0.15) is 11.7 Å². The molecule has 0 radical (unpaired) electrons. The summed E-state index contributed by atoms with van der Waals surface area (Å²) in [6.07, 6.45) is 3.54. The number of rotatable bonds is 5. The first-order valence-corrected chi connectivity index (χ1v) is 11.6. The van der Waals surface area contributed by atoms with Crippen LogP contribution in [0, 0.1) is 11.3 Å². The Kier molecular flexibility index (Phi) is 4.91. The lowest BCUT2D eigenvalue weighted by Crippen LogP contribution is -2.59. The maximum absolute atomic E-state index is 13.3. The smallest absolute Gasteiger partial charge is 0.254 e. The summed E-state index contributed by atoms with van der Waals surface area (Å²) in [5.41, 5.74) is 6.74. The molecule has 9 heteroatoms. The maximum atomic E-state index is 13.3. The molecule has 31 heavy (non-hydrogen) atoms. The van der Waals surface area contributed by atoms with Crippen LogP contribution in [-0.4, -0.2) is 34.9 Å². The summed E-state index contributed by atoms with van der Waals surface area (Å²) in [5.74, 6) is -3.26. The topological polar surface area (TPSA) is 94.3 Å². The number of carbonyl (C=O) groups is 2. The number of primary amides is 1. The van der Waals surface area contributed by atoms with Gasteiger partial charge in [-0.15, -0.1) is 11.3 Å². The number of thiophene rings is 1. The second-order valence-electron chi connectivity index (χ2n) is 9.40. The number of ether oxygens (including phenoxy) is 1. The first kappa shape index (κ1) is 20.6. The van der Waals surface area contributed by atoms with Crippen molar-refractivity contribution >= 4 is 33.4 Å². The Morgan fingerprint density at radius 1 is 1.19 bits per heavy atom. The lowest BCUT2D eigenvalue weighted by Gasteiger charge is -2.57. The maximum Gasteiger partial charge on any atom is 0.254 e. The van der Waals surface area contributed by atoms with E-state index in [1.807, 2.05) is 11.4 Å². The Balaban J connectivity index is 1.12. The molecule has 6 nitrogen and oxygen atoms in total. The van der Waals surface area contributed by atoms with Crippen molar-refractivity contribution in [1.82, 2.24) is 10.3 Å². The van der Waals surface area contributed by atoms with E-state index in [2.05, 4.69) is 10.3 Å². The summed E-state index contributed by atoms with van der Waals surface area (Å²) in [4.78, 5) is 28.7. The Morgan fingerprint density at radius 2 is 1.90 bits per heavy atom. The third-order valence-corrected chi connectivity index (χ3v) is 7.91. The van der Waals surface area contributed by atoms with Gasteiger partial charge in [0.2, 0.25) is 17.7 Å². The molecule has 5 rings (SSSR count). The van der Waals surface area contributed by atoms with E-state index >= 15 is 0 Å². The number of nitrogens with one attached hydrogen (secondary N) is 1. The van der Waals surface area contributed by atoms with E-state index in [9.17, 15) is 18.4 Å². The number of fused-ring (bicyclic) bond motifs is 1. The second kappa shape index (κ2) is 7.39. The van der Waals surface area contributed by atoms with Gasteiger partial charge < -0.3 is 15.8 Å². The van der Waals surface area contributed by atoms with Crippen LogP contribution in [0.5, 0.6) is 5.88 Å². The van der Waals surface area contributed by atoms with Crippen molar-refractivity contribution in [2.75, 3.05) is 0 Å². The van der Waals surface area contributed by atoms with E-state index in [-0.39, 0.29) is 60.9 Å². The van der Waals surface area contributed by atoms with Crippen LogP contribution in [0.3, 0.4) is 0 Å². The number of nitrogens with zero attached hydrogens (tertiary/aromatic N) is 1. The van der Waals surface area contributed by atoms with Crippen molar-refractivity contribution in [2.45, 2.75) is 69.4 Å². The Morgan fingerprint density at radius 3 is 2.58 bits per heavy atom. The lowest BCUT2D eigenvalue weighted by molar-refractivity contribution is -0.135. The van der Waals surface area contributed by atoms with Crippen LogP contribution in [0.1, 0.15) is 61.7 Å². The normalized spacial score (nSPS) is 29.9. The molecule has 3 saturated carbocycles. The molecule has 2 amide bonds. The van der Waals surface area contributed by atoms with E-state index in [1.54, 1.807) is 6.07 Å². The first-order valence-electron chi connectivity index (χ1n) is 10.7. The van der Waals surface area contributed by atoms with Crippen LogP contribution < -0.4 is 15.8 Å². The highest BCUT2D eigenvalue weighted by atomic mass is 32.1. The number of alkyl halides is 2. The average Bonchev–Trinajstić information content (AvgIpc) is 3.11. The fraction of sp³-hybridized carbons (Fsp3) is 0.591. The first-order chi connectivity index (χ1) is 14.7. The SMILES string of the molecule is NC(=O)c1cc2sccc2nc1OC1CC2(CC(NC(=O)C3CCC(F)(F)CC3)C2)C1. The average molecular weight is 450 g/mol. The van der Waals surface area contributed by atoms with E-state index in [0.717, 1.165) is 35.9 Å². The quantitative estimate of drug-likeness (QED) is 0.721. The molecule has 2 aromatic heterocycles. The van der Waals surface area contributed by atoms with Crippen molar-refractivity contribution in [2.24, 2.45) is 17.1 Å². The minimum absolute atomic E-state index is 0.0288. The summed E-state index contributed by atoms with van der Waals surface area (Å²) in [6.45, 7) is 0. The van der Waals surface area contributed by atoms with E-state index in [0.29, 0.717) is 5.56 Å². The second-order valence-corrected chi connectivity index (χ2v) is 10.3. The largest absolute Gasteiger partial charge is 0.474 e. The molecule has 0 atom stereocenters. The molecule has 166 valence electrons. The van der Waals surface area contributed by atoms with Crippen molar-refractivity contribution in [3.8, 4) is 5.88 Å². The van der Waals surface area contributed by atoms with Crippen LogP contribution in [0.15, 0.2) is 17.5 Å². The Bertz CT molecular complexity index is 1020. The van der Waals surface area contributed by atoms with E-state index in [1.165, 1.54) is 11.3 Å². The molecule has 3 N–H and O–H groups in total. The van der Waals surface area contributed by atoms with Gasteiger partial charge in [-0.3, -0.25) is 9.59 Å². The van der Waals surface area contributed by atoms with Gasteiger partial charge in [0.25, 0.3) is 5.91 Å². The third kappa shape index (κ3) is 4.00. The molecular formula is C22H25F2N3O3S. The fourth-order valence-corrected chi connectivity index (χ4v) is 6.10. The number of carbonyl (C=O) groups excluding carboxylic acids is 2. The van der Waals surface area contributed by atoms with Crippen LogP contribution in [0.25, 0.3) is 10.2 Å². The monoisotopic (exact) mass is 449 g/mol. The van der Waals surface area contributed by atoms with E-state index < -0.39 is 11.8 Å². The number of aromatic nitrogens is 1. The van der Waals surface area contributed by atoms with Gasteiger partial charge in [0.05, 0.1) is 10.2 Å². The zero-order valence-electron chi connectivity index (χ0n) is 17.0. The molecule has 0 bridgehead atoms. The Labute approximate surface area is 182 Å². The van der Waals surface area contributed by atoms with Gasteiger partial charge in [-0.25, -0.2) is 13.8 Å². The molecule has 2 heterocycles. The van der Waals surface area contributed by atoms with Crippen molar-refractivity contribution in [3.05, 3.63) is 23.1 Å². The third-order valence-electron chi connectivity index (χ3n) is 7.06. The van der Waals surface area contributed by atoms with Gasteiger partial charge >= 0.3 is 0 Å². The molecule has 0 aliphatic heterocycles. The number of pyridine rings is 1. The molecule has 1 spiro atoms. The van der Waals surface area contributed by atoms with Gasteiger partial charge in [0, 0.05) is 24.8 Å². The standard InChI is InChI=1S/C22H25F2N3O3S/c23-22(24)4-1-12(2-5-22)19(29)26-13-8-21(9-13)10-14(11-21)30-20-15(18(25)28)7-17-16(27-20)3-6-31-17/h3,6-7,12-14H,1-2,4-5,8-11H2,(H2,25,28)(H,26,29). The molecular weight excluding hydrogens is 424 g/mol. The molecule has 3 aliphatic rings. The number of hydrogen-bond donors (Lipinski definition) is 2. The van der Waals surface area contributed by atoms with Crippen LogP contribution in [0.2, 0.25) is 0 Å². The van der Waals surface area contributed by atoms with Crippen LogP contribution >= 0.6 is 11.3 Å². The highest BCUT2D eigenvalue weighted by Gasteiger charge is 2.54. The van der Waals surface area contributed by atoms with Gasteiger partial charge in [-0.05, 0) is 61.5 Å². The van der Waals surface area contributed by atoms with E-state index in [4.69, 9.17) is 10.5 Å². The van der Waals surface area contributed by atoms with Crippen molar-refractivity contribution < 1.29 is 23.1 Å². The summed E-state index contributed by atoms with van der Waals surface area (Å²) in [7, 11) is 0. The molecule has 3 fully saturated rings. The molecule has 0 saturated heterocycles. The minimum atomic E-state index is -2.62. The zero-order valence-corrected chi connectivity index (χ0v) is 17.9. The van der Waals surface area contributed by atoms with Crippen LogP contribution in [-0.2, 0) is 4.79 Å². The van der Waals surface area contributed by atoms with Gasteiger partial charge in [-0.1, -0.05) is 0 Å². The highest BCUT2D eigenvalue weighted by Crippen LogP contribution is 2.57. The minimum Gasteiger partial charge on any atom is -0.474 e. The molecule has 0 aromatic carbocycles. The summed E-state index contributed by atoms with van der Waals surface area (Å²) >= 11 is 1.50. The highest BCUT2D eigenvalue weighted by molar-refractivity contribution is 7.17. The van der Waals surface area contributed by atoms with Crippen molar-refractivity contribution in [3.63, 3.8) is 0 Å². The zero-order chi connectivity index (χ0) is 21.8. The molecule has 3 aliphatic carbocycles.